The van der Waals surface area contributed by atoms with Crippen molar-refractivity contribution in [2.45, 2.75) is 49.9 Å². The standard InChI is InChI=1S/C19H25N5O2S/c20-9-13-3-1-5-23(13)19(26)17(21)12-22-10-15-7-14(22)11-24(15)18(25)8-16-4-2-6-27-16/h2,4,6,13-15,17H,1,3,5,7-8,10-12,21H2/t13-,14+,15+,17-/m0/s1. The van der Waals surface area contributed by atoms with Crippen LogP contribution >= 0.6 is 11.3 Å². The highest BCUT2D eigenvalue weighted by Crippen LogP contribution is 2.31. The molecule has 0 unspecified atom stereocenters. The zero-order valence-electron chi connectivity index (χ0n) is 15.3. The molecule has 4 rings (SSSR count). The molecule has 1 aromatic rings. The first-order valence-corrected chi connectivity index (χ1v) is 10.5. The summed E-state index contributed by atoms with van der Waals surface area (Å²) in [4.78, 5) is 32.2. The topological polar surface area (TPSA) is 93.7 Å². The first-order valence-electron chi connectivity index (χ1n) is 9.58. The number of hydrogen-bond donors (Lipinski definition) is 1. The molecule has 0 spiro atoms. The van der Waals surface area contributed by atoms with Gasteiger partial charge in [-0.05, 0) is 30.7 Å². The molecule has 4 heterocycles. The molecule has 3 aliphatic rings. The van der Waals surface area contributed by atoms with Crippen molar-refractivity contribution < 1.29 is 9.59 Å². The average molecular weight is 388 g/mol. The molecule has 144 valence electrons. The largest absolute Gasteiger partial charge is 0.336 e. The van der Waals surface area contributed by atoms with Gasteiger partial charge < -0.3 is 15.5 Å². The van der Waals surface area contributed by atoms with Crippen LogP contribution in [0, 0.1) is 11.3 Å². The molecule has 2 amide bonds. The normalized spacial score (nSPS) is 28.5. The lowest BCUT2D eigenvalue weighted by molar-refractivity contribution is -0.135. The van der Waals surface area contributed by atoms with Gasteiger partial charge in [0.15, 0.2) is 0 Å². The van der Waals surface area contributed by atoms with Gasteiger partial charge in [0.2, 0.25) is 11.8 Å². The lowest BCUT2D eigenvalue weighted by Gasteiger charge is -2.35. The van der Waals surface area contributed by atoms with E-state index in [0.717, 1.165) is 37.2 Å². The molecule has 4 atom stereocenters. The average Bonchev–Trinajstić information content (AvgIpc) is 3.43. The Bertz CT molecular complexity index is 746. The fourth-order valence-corrected chi connectivity index (χ4v) is 5.35. The van der Waals surface area contributed by atoms with Gasteiger partial charge in [0.05, 0.1) is 18.5 Å². The van der Waals surface area contributed by atoms with Crippen molar-refractivity contribution >= 4 is 23.2 Å². The summed E-state index contributed by atoms with van der Waals surface area (Å²) in [5.74, 6) is 0.0753. The Hall–Kier alpha value is -1.95. The molecule has 27 heavy (non-hydrogen) atoms. The first-order chi connectivity index (χ1) is 13.1. The quantitative estimate of drug-likeness (QED) is 0.790. The number of nitrogens with two attached hydrogens (primary N) is 1. The predicted molar refractivity (Wildman–Crippen MR) is 102 cm³/mol. The summed E-state index contributed by atoms with van der Waals surface area (Å²) in [7, 11) is 0. The van der Waals surface area contributed by atoms with Crippen LogP contribution in [0.2, 0.25) is 0 Å². The Labute approximate surface area is 163 Å². The van der Waals surface area contributed by atoms with Crippen LogP contribution < -0.4 is 5.73 Å². The van der Waals surface area contributed by atoms with E-state index < -0.39 is 6.04 Å². The Kier molecular flexibility index (Phi) is 5.17. The number of carbonyl (C=O) groups is 2. The number of thiophene rings is 1. The maximum absolute atomic E-state index is 12.6. The van der Waals surface area contributed by atoms with Gasteiger partial charge in [-0.3, -0.25) is 14.5 Å². The number of likely N-dealkylation sites (tertiary alicyclic amines) is 3. The Morgan fingerprint density at radius 3 is 2.85 bits per heavy atom. The van der Waals surface area contributed by atoms with Crippen molar-refractivity contribution in [1.82, 2.24) is 14.7 Å². The zero-order chi connectivity index (χ0) is 19.0. The lowest BCUT2D eigenvalue weighted by atomic mass is 10.2. The molecule has 7 nitrogen and oxygen atoms in total. The molecule has 0 aromatic carbocycles. The van der Waals surface area contributed by atoms with Crippen molar-refractivity contribution in [2.24, 2.45) is 5.73 Å². The van der Waals surface area contributed by atoms with Crippen molar-refractivity contribution in [3.63, 3.8) is 0 Å². The molecular formula is C19H25N5O2S. The van der Waals surface area contributed by atoms with E-state index in [0.29, 0.717) is 19.5 Å². The van der Waals surface area contributed by atoms with Crippen LogP contribution in [-0.4, -0.2) is 76.9 Å². The summed E-state index contributed by atoms with van der Waals surface area (Å²) in [6.07, 6.45) is 3.04. The maximum atomic E-state index is 12.6. The number of fused-ring (bicyclic) bond motifs is 2. The Morgan fingerprint density at radius 2 is 2.19 bits per heavy atom. The van der Waals surface area contributed by atoms with Gasteiger partial charge in [-0.2, -0.15) is 5.26 Å². The highest BCUT2D eigenvalue weighted by molar-refractivity contribution is 7.10. The molecule has 2 bridgehead atoms. The molecule has 3 fully saturated rings. The fourth-order valence-electron chi connectivity index (χ4n) is 4.65. The molecule has 2 N–H and O–H groups in total. The number of carbonyl (C=O) groups excluding carboxylic acids is 2. The van der Waals surface area contributed by atoms with Gasteiger partial charge in [-0.1, -0.05) is 6.07 Å². The third kappa shape index (κ3) is 3.59. The van der Waals surface area contributed by atoms with Crippen LogP contribution in [-0.2, 0) is 16.0 Å². The van der Waals surface area contributed by atoms with E-state index in [-0.39, 0.29) is 29.9 Å². The minimum atomic E-state index is -0.603. The van der Waals surface area contributed by atoms with Gasteiger partial charge in [-0.15, -0.1) is 11.3 Å². The number of nitriles is 1. The third-order valence-electron chi connectivity index (χ3n) is 6.01. The summed E-state index contributed by atoms with van der Waals surface area (Å²) in [5, 5.41) is 11.2. The minimum absolute atomic E-state index is 0.118. The van der Waals surface area contributed by atoms with Crippen molar-refractivity contribution in [3.8, 4) is 6.07 Å². The number of amides is 2. The van der Waals surface area contributed by atoms with E-state index in [9.17, 15) is 14.9 Å². The van der Waals surface area contributed by atoms with E-state index >= 15 is 0 Å². The number of piperazine rings is 1. The number of hydrogen-bond acceptors (Lipinski definition) is 6. The summed E-state index contributed by atoms with van der Waals surface area (Å²) >= 11 is 1.62. The molecule has 0 aliphatic carbocycles. The summed E-state index contributed by atoms with van der Waals surface area (Å²) in [6, 6.07) is 5.75. The lowest BCUT2D eigenvalue weighted by Crippen LogP contribution is -2.55. The van der Waals surface area contributed by atoms with Gasteiger partial charge in [0.1, 0.15) is 6.04 Å². The second-order valence-corrected chi connectivity index (χ2v) is 8.76. The van der Waals surface area contributed by atoms with Gasteiger partial charge in [0.25, 0.3) is 0 Å². The van der Waals surface area contributed by atoms with E-state index in [4.69, 9.17) is 5.73 Å². The van der Waals surface area contributed by atoms with Crippen LogP contribution in [0.4, 0.5) is 0 Å². The van der Waals surface area contributed by atoms with Crippen LogP contribution in [0.1, 0.15) is 24.1 Å². The zero-order valence-corrected chi connectivity index (χ0v) is 16.1. The number of rotatable bonds is 5. The second kappa shape index (κ2) is 7.58. The molecule has 3 aliphatic heterocycles. The highest BCUT2D eigenvalue weighted by Gasteiger charge is 2.46. The van der Waals surface area contributed by atoms with Crippen molar-refractivity contribution in [3.05, 3.63) is 22.4 Å². The summed E-state index contributed by atoms with van der Waals surface area (Å²) in [6.45, 7) is 2.63. The van der Waals surface area contributed by atoms with E-state index in [1.54, 1.807) is 16.2 Å². The predicted octanol–water partition coefficient (Wildman–Crippen LogP) is 0.418. The van der Waals surface area contributed by atoms with Gasteiger partial charge >= 0.3 is 0 Å². The molecule has 3 saturated heterocycles. The third-order valence-corrected chi connectivity index (χ3v) is 6.89. The second-order valence-electron chi connectivity index (χ2n) is 7.72. The SMILES string of the molecule is N#C[C@@H]1CCCN1C(=O)[C@@H](N)CN1C[C@H]2C[C@@H]1CN2C(=O)Cc1cccs1. The van der Waals surface area contributed by atoms with E-state index in [1.807, 2.05) is 22.4 Å². The summed E-state index contributed by atoms with van der Waals surface area (Å²) < 4.78 is 0. The smallest absolute Gasteiger partial charge is 0.241 e. The van der Waals surface area contributed by atoms with Crippen LogP contribution in [0.3, 0.4) is 0 Å². The Balaban J connectivity index is 1.30. The highest BCUT2D eigenvalue weighted by atomic mass is 32.1. The van der Waals surface area contributed by atoms with Crippen molar-refractivity contribution in [1.29, 1.82) is 5.26 Å². The molecule has 0 radical (unpaired) electrons. The molecular weight excluding hydrogens is 362 g/mol. The van der Waals surface area contributed by atoms with E-state index in [1.165, 1.54) is 0 Å². The van der Waals surface area contributed by atoms with E-state index in [2.05, 4.69) is 11.0 Å². The fraction of sp³-hybridized carbons (Fsp3) is 0.632. The molecule has 0 saturated carbocycles. The molecule has 8 heteroatoms. The van der Waals surface area contributed by atoms with Crippen LogP contribution in [0.5, 0.6) is 0 Å². The monoisotopic (exact) mass is 387 g/mol. The molecule has 1 aromatic heterocycles. The summed E-state index contributed by atoms with van der Waals surface area (Å²) in [5.41, 5.74) is 6.19. The van der Waals surface area contributed by atoms with Crippen molar-refractivity contribution in [2.75, 3.05) is 26.2 Å². The van der Waals surface area contributed by atoms with Crippen LogP contribution in [0.15, 0.2) is 17.5 Å². The van der Waals surface area contributed by atoms with Gasteiger partial charge in [0, 0.05) is 43.1 Å². The first kappa shape index (κ1) is 18.4. The van der Waals surface area contributed by atoms with Gasteiger partial charge in [-0.25, -0.2) is 0 Å². The maximum Gasteiger partial charge on any atom is 0.241 e. The minimum Gasteiger partial charge on any atom is -0.336 e. The Morgan fingerprint density at radius 1 is 1.33 bits per heavy atom. The number of nitrogens with zero attached hydrogens (tertiary/aromatic N) is 4. The van der Waals surface area contributed by atoms with Crippen LogP contribution in [0.25, 0.3) is 0 Å².